The van der Waals surface area contributed by atoms with E-state index in [1.54, 1.807) is 24.3 Å². The van der Waals surface area contributed by atoms with Gasteiger partial charge in [0.05, 0.1) is 17.6 Å². The van der Waals surface area contributed by atoms with Crippen molar-refractivity contribution in [3.8, 4) is 0 Å². The lowest BCUT2D eigenvalue weighted by molar-refractivity contribution is 0.00547. The number of rotatable bonds is 8. The molecule has 0 amide bonds. The average Bonchev–Trinajstić information content (AvgIpc) is 2.84. The highest BCUT2D eigenvalue weighted by atomic mass is 35.5. The molecule has 1 aliphatic heterocycles. The highest BCUT2D eigenvalue weighted by Gasteiger charge is 2.30. The number of halogens is 4. The van der Waals surface area contributed by atoms with Gasteiger partial charge in [-0.2, -0.15) is 4.31 Å². The van der Waals surface area contributed by atoms with Crippen LogP contribution in [-0.4, -0.2) is 50.3 Å². The van der Waals surface area contributed by atoms with Gasteiger partial charge in [-0.05, 0) is 48.0 Å². The second-order valence-electron chi connectivity index (χ2n) is 8.21. The number of sulfonamides is 1. The van der Waals surface area contributed by atoms with Crippen LogP contribution < -0.4 is 0 Å². The molecule has 5 nitrogen and oxygen atoms in total. The van der Waals surface area contributed by atoms with Crippen molar-refractivity contribution in [2.45, 2.75) is 17.6 Å². The zero-order chi connectivity index (χ0) is 25.0. The van der Waals surface area contributed by atoms with Crippen molar-refractivity contribution in [3.63, 3.8) is 0 Å². The van der Waals surface area contributed by atoms with Crippen LogP contribution in [0.4, 0.5) is 8.78 Å². The SMILES string of the molecule is O=S(=O)(c1cccc(Cl)c1)N1CCN(C[C@H](OCc2c(F)cccc2F)c2ccc(Cl)cc2)CC1. The van der Waals surface area contributed by atoms with Gasteiger partial charge in [0.15, 0.2) is 0 Å². The third-order valence-corrected chi connectivity index (χ3v) is 8.30. The van der Waals surface area contributed by atoms with Gasteiger partial charge in [0.2, 0.25) is 10.0 Å². The molecule has 0 spiro atoms. The molecular weight excluding hydrogens is 517 g/mol. The Labute approximate surface area is 213 Å². The van der Waals surface area contributed by atoms with E-state index in [1.165, 1.54) is 34.6 Å². The molecule has 1 heterocycles. The number of ether oxygens (including phenoxy) is 1. The molecule has 1 saturated heterocycles. The first kappa shape index (κ1) is 26.0. The molecule has 0 N–H and O–H groups in total. The predicted octanol–water partition coefficient (Wildman–Crippen LogP) is 5.54. The number of benzene rings is 3. The summed E-state index contributed by atoms with van der Waals surface area (Å²) in [5.41, 5.74) is 0.670. The summed E-state index contributed by atoms with van der Waals surface area (Å²) in [7, 11) is -3.66. The minimum Gasteiger partial charge on any atom is -0.367 e. The summed E-state index contributed by atoms with van der Waals surface area (Å²) in [6.45, 7) is 1.72. The summed E-state index contributed by atoms with van der Waals surface area (Å²) < 4.78 is 61.6. The van der Waals surface area contributed by atoms with Crippen molar-refractivity contribution >= 4 is 33.2 Å². The van der Waals surface area contributed by atoms with Crippen molar-refractivity contribution in [1.82, 2.24) is 9.21 Å². The van der Waals surface area contributed by atoms with Gasteiger partial charge in [-0.25, -0.2) is 17.2 Å². The highest BCUT2D eigenvalue weighted by molar-refractivity contribution is 7.89. The Hall–Kier alpha value is -2.07. The van der Waals surface area contributed by atoms with Crippen molar-refractivity contribution in [3.05, 3.63) is 99.5 Å². The molecule has 3 aromatic rings. The minimum absolute atomic E-state index is 0.135. The van der Waals surface area contributed by atoms with Gasteiger partial charge in [0.1, 0.15) is 11.6 Å². The summed E-state index contributed by atoms with van der Waals surface area (Å²) >= 11 is 12.0. The third kappa shape index (κ3) is 6.39. The normalized spacial score (nSPS) is 16.3. The molecule has 0 radical (unpaired) electrons. The fourth-order valence-corrected chi connectivity index (χ4v) is 5.80. The fourth-order valence-electron chi connectivity index (χ4n) is 3.95. The Balaban J connectivity index is 1.44. The van der Waals surface area contributed by atoms with E-state index in [0.29, 0.717) is 42.8 Å². The third-order valence-electron chi connectivity index (χ3n) is 5.92. The van der Waals surface area contributed by atoms with Gasteiger partial charge in [0.25, 0.3) is 0 Å². The summed E-state index contributed by atoms with van der Waals surface area (Å²) in [5, 5.41) is 0.923. The molecule has 35 heavy (non-hydrogen) atoms. The molecule has 0 aliphatic carbocycles. The standard InChI is InChI=1S/C25H24Cl2F2N2O3S/c26-19-9-7-18(8-10-19)25(34-17-22-23(28)5-2-6-24(22)29)16-30-11-13-31(14-12-30)35(32,33)21-4-1-3-20(27)15-21/h1-10,15,25H,11-14,16-17H2/t25-/m0/s1. The van der Waals surface area contributed by atoms with Gasteiger partial charge >= 0.3 is 0 Å². The van der Waals surface area contributed by atoms with Crippen molar-refractivity contribution < 1.29 is 21.9 Å². The Bertz CT molecular complexity index is 1250. The summed E-state index contributed by atoms with van der Waals surface area (Å²) in [5.74, 6) is -1.33. The second kappa shape index (κ2) is 11.3. The Morgan fingerprint density at radius 2 is 1.49 bits per heavy atom. The molecule has 10 heteroatoms. The number of hydrogen-bond acceptors (Lipinski definition) is 4. The van der Waals surface area contributed by atoms with E-state index in [-0.39, 0.29) is 17.1 Å². The van der Waals surface area contributed by atoms with E-state index in [4.69, 9.17) is 27.9 Å². The number of hydrogen-bond donors (Lipinski definition) is 0. The van der Waals surface area contributed by atoms with Crippen LogP contribution >= 0.6 is 23.2 Å². The average molecular weight is 541 g/mol. The van der Waals surface area contributed by atoms with Crippen LogP contribution in [0.1, 0.15) is 17.2 Å². The molecular formula is C25H24Cl2F2N2O3S. The smallest absolute Gasteiger partial charge is 0.243 e. The molecule has 0 unspecified atom stereocenters. The van der Waals surface area contributed by atoms with E-state index < -0.39 is 27.8 Å². The topological polar surface area (TPSA) is 49.9 Å². The van der Waals surface area contributed by atoms with E-state index in [2.05, 4.69) is 4.90 Å². The van der Waals surface area contributed by atoms with Gasteiger partial charge in [-0.1, -0.05) is 47.5 Å². The molecule has 186 valence electrons. The summed E-state index contributed by atoms with van der Waals surface area (Å²) in [6, 6.07) is 17.0. The molecule has 0 bridgehead atoms. The van der Waals surface area contributed by atoms with Crippen LogP contribution in [0.5, 0.6) is 0 Å². The Morgan fingerprint density at radius 3 is 2.11 bits per heavy atom. The zero-order valence-corrected chi connectivity index (χ0v) is 21.0. The monoisotopic (exact) mass is 540 g/mol. The molecule has 3 aromatic carbocycles. The largest absolute Gasteiger partial charge is 0.367 e. The molecule has 1 fully saturated rings. The van der Waals surface area contributed by atoms with Crippen LogP contribution in [0.2, 0.25) is 10.0 Å². The van der Waals surface area contributed by atoms with Crippen LogP contribution in [-0.2, 0) is 21.4 Å². The fraction of sp³-hybridized carbons (Fsp3) is 0.280. The predicted molar refractivity (Wildman–Crippen MR) is 132 cm³/mol. The molecule has 1 atom stereocenters. The number of nitrogens with zero attached hydrogens (tertiary/aromatic N) is 2. The summed E-state index contributed by atoms with van der Waals surface area (Å²) in [6.07, 6.45) is -0.498. The maximum atomic E-state index is 14.1. The summed E-state index contributed by atoms with van der Waals surface area (Å²) in [4.78, 5) is 2.23. The maximum absolute atomic E-state index is 14.1. The van der Waals surface area contributed by atoms with E-state index in [9.17, 15) is 17.2 Å². The molecule has 1 aliphatic rings. The second-order valence-corrected chi connectivity index (χ2v) is 11.0. The van der Waals surface area contributed by atoms with Gasteiger partial charge in [-0.3, -0.25) is 4.90 Å². The first-order valence-corrected chi connectivity index (χ1v) is 13.2. The quantitative estimate of drug-likeness (QED) is 0.376. The first-order chi connectivity index (χ1) is 16.7. The minimum atomic E-state index is -3.66. The molecule has 0 aromatic heterocycles. The Morgan fingerprint density at radius 1 is 0.857 bits per heavy atom. The van der Waals surface area contributed by atoms with Gasteiger partial charge < -0.3 is 4.74 Å². The van der Waals surface area contributed by atoms with E-state index in [1.807, 2.05) is 12.1 Å². The van der Waals surface area contributed by atoms with Crippen LogP contribution in [0.25, 0.3) is 0 Å². The molecule has 0 saturated carbocycles. The van der Waals surface area contributed by atoms with Crippen LogP contribution in [0.15, 0.2) is 71.6 Å². The van der Waals surface area contributed by atoms with E-state index in [0.717, 1.165) is 5.56 Å². The van der Waals surface area contributed by atoms with Crippen molar-refractivity contribution in [2.75, 3.05) is 32.7 Å². The van der Waals surface area contributed by atoms with Crippen molar-refractivity contribution in [1.29, 1.82) is 0 Å². The zero-order valence-electron chi connectivity index (χ0n) is 18.7. The lowest BCUT2D eigenvalue weighted by atomic mass is 10.1. The Kier molecular flexibility index (Phi) is 8.42. The van der Waals surface area contributed by atoms with E-state index >= 15 is 0 Å². The lowest BCUT2D eigenvalue weighted by Gasteiger charge is -2.36. The number of piperazine rings is 1. The lowest BCUT2D eigenvalue weighted by Crippen LogP contribution is -2.49. The van der Waals surface area contributed by atoms with Gasteiger partial charge in [0, 0.05) is 48.3 Å². The highest BCUT2D eigenvalue weighted by Crippen LogP contribution is 2.26. The first-order valence-electron chi connectivity index (χ1n) is 11.0. The van der Waals surface area contributed by atoms with Crippen LogP contribution in [0, 0.1) is 11.6 Å². The van der Waals surface area contributed by atoms with Crippen LogP contribution in [0.3, 0.4) is 0 Å². The molecule has 4 rings (SSSR count). The van der Waals surface area contributed by atoms with Gasteiger partial charge in [-0.15, -0.1) is 0 Å². The van der Waals surface area contributed by atoms with Crippen molar-refractivity contribution in [2.24, 2.45) is 0 Å². The maximum Gasteiger partial charge on any atom is 0.243 e.